The smallest absolute Gasteiger partial charge is 0.412 e. The van der Waals surface area contributed by atoms with Gasteiger partial charge in [-0.1, -0.05) is 81.7 Å². The molecule has 5 amide bonds. The van der Waals surface area contributed by atoms with Crippen LogP contribution in [0, 0.1) is 10.1 Å². The van der Waals surface area contributed by atoms with Crippen LogP contribution in [0.3, 0.4) is 0 Å². The molecular formula is C61H60Cl6N6O15. The van der Waals surface area contributed by atoms with Gasteiger partial charge in [-0.3, -0.25) is 40.4 Å². The monoisotopic (exact) mass is 1330 g/mol. The average Bonchev–Trinajstić information content (AvgIpc) is 2.39. The number of carbonyl (C=O) groups excluding carboxylic acids is 8. The van der Waals surface area contributed by atoms with E-state index in [-0.39, 0.29) is 33.7 Å². The van der Waals surface area contributed by atoms with E-state index in [2.05, 4.69) is 36.1 Å². The van der Waals surface area contributed by atoms with Gasteiger partial charge in [0.25, 0.3) is 11.6 Å². The van der Waals surface area contributed by atoms with Crippen molar-refractivity contribution in [2.75, 3.05) is 40.8 Å². The first-order valence-electron chi connectivity index (χ1n) is 25.8. The van der Waals surface area contributed by atoms with Crippen molar-refractivity contribution in [2.45, 2.75) is 85.5 Å². The van der Waals surface area contributed by atoms with E-state index in [0.717, 1.165) is 28.9 Å². The Morgan fingerprint density at radius 3 is 1.41 bits per heavy atom. The second-order valence-electron chi connectivity index (χ2n) is 21.4. The van der Waals surface area contributed by atoms with Gasteiger partial charge in [0.05, 0.1) is 42.4 Å². The first kappa shape index (κ1) is 72.0. The second-order valence-corrected chi connectivity index (χ2v) is 24.1. The fourth-order valence-electron chi connectivity index (χ4n) is 7.26. The lowest BCUT2D eigenvalue weighted by Gasteiger charge is -2.19. The van der Waals surface area contributed by atoms with E-state index in [1.54, 1.807) is 123 Å². The van der Waals surface area contributed by atoms with Gasteiger partial charge in [-0.2, -0.15) is 0 Å². The molecule has 466 valence electrons. The maximum atomic E-state index is 12.3. The number of benzene rings is 6. The van der Waals surface area contributed by atoms with Crippen molar-refractivity contribution < 1.29 is 67.0 Å². The predicted octanol–water partition coefficient (Wildman–Crippen LogP) is 16.7. The van der Waals surface area contributed by atoms with Crippen LogP contribution < -0.4 is 26.6 Å². The third-order valence-corrected chi connectivity index (χ3v) is 11.9. The highest BCUT2D eigenvalue weighted by Gasteiger charge is 2.25. The largest absolute Gasteiger partial charge is 0.465 e. The normalized spacial score (nSPS) is 12.3. The summed E-state index contributed by atoms with van der Waals surface area (Å²) >= 11 is 35.1. The van der Waals surface area contributed by atoms with Crippen molar-refractivity contribution in [1.29, 1.82) is 0 Å². The van der Waals surface area contributed by atoms with Crippen LogP contribution in [0.2, 0.25) is 30.1 Å². The highest BCUT2D eigenvalue weighted by Crippen LogP contribution is 2.36. The van der Waals surface area contributed by atoms with Crippen LogP contribution in [0.4, 0.5) is 48.5 Å². The van der Waals surface area contributed by atoms with Crippen LogP contribution in [-0.4, -0.2) is 84.3 Å². The second kappa shape index (κ2) is 32.0. The van der Waals surface area contributed by atoms with E-state index in [4.69, 9.17) is 83.8 Å². The minimum atomic E-state index is -0.657. The number of nitro benzene ring substituents is 1. The summed E-state index contributed by atoms with van der Waals surface area (Å²) in [5.41, 5.74) is 4.39. The third kappa shape index (κ3) is 25.1. The summed E-state index contributed by atoms with van der Waals surface area (Å²) < 4.78 is 24.4. The van der Waals surface area contributed by atoms with Crippen LogP contribution in [-0.2, 0) is 39.7 Å². The number of non-ortho nitro benzene ring substituents is 1. The van der Waals surface area contributed by atoms with Crippen molar-refractivity contribution in [2.24, 2.45) is 0 Å². The van der Waals surface area contributed by atoms with Crippen molar-refractivity contribution in [3.05, 3.63) is 183 Å². The molecule has 0 spiro atoms. The number of rotatable bonds is 8. The molecule has 0 radical (unpaired) electrons. The lowest BCUT2D eigenvalue weighted by atomic mass is 10.0. The number of fused-ring (bicyclic) bond motifs is 2. The zero-order valence-electron chi connectivity index (χ0n) is 49.1. The zero-order valence-corrected chi connectivity index (χ0v) is 53.6. The van der Waals surface area contributed by atoms with Crippen LogP contribution in [0.25, 0.3) is 11.6 Å². The SMILES string of the molecule is CC(C)(C)OC(=O)Nc1cc(Cl)cc(C=C2C(=O)Nc3cc(Cl)ccc32)c1.CC(C)(C)OC(=O)Nc1cc(Cl)cc(C=O)c1.COC(=O)c1cc(Cl)cc(NC(=O)OC(C)(C)C)c1.COC(=O)c1cc(Cl)cc([N+](=O)[O-])c1.O=C1Cc2ccc(Cl)cc2N1. The minimum absolute atomic E-state index is 0.0438. The lowest BCUT2D eigenvalue weighted by molar-refractivity contribution is -0.384. The molecule has 5 N–H and O–H groups in total. The molecule has 0 saturated heterocycles. The van der Waals surface area contributed by atoms with Gasteiger partial charge in [0.15, 0.2) is 0 Å². The minimum Gasteiger partial charge on any atom is -0.465 e. The Morgan fingerprint density at radius 1 is 0.523 bits per heavy atom. The Labute approximate surface area is 536 Å². The van der Waals surface area contributed by atoms with Gasteiger partial charge in [0, 0.05) is 81.7 Å². The summed E-state index contributed by atoms with van der Waals surface area (Å²) in [5.74, 6) is -1.37. The Morgan fingerprint density at radius 2 is 0.943 bits per heavy atom. The molecule has 0 atom stereocenters. The number of esters is 2. The number of halogens is 6. The molecule has 0 fully saturated rings. The number of aldehydes is 1. The summed E-state index contributed by atoms with van der Waals surface area (Å²) in [5, 5.41) is 26.0. The zero-order chi connectivity index (χ0) is 66.0. The number of hydrogen-bond acceptors (Lipinski definition) is 15. The third-order valence-electron chi connectivity index (χ3n) is 10.5. The van der Waals surface area contributed by atoms with E-state index in [0.29, 0.717) is 77.3 Å². The van der Waals surface area contributed by atoms with Crippen LogP contribution in [0.15, 0.2) is 109 Å². The Hall–Kier alpha value is -8.44. The molecule has 0 aliphatic carbocycles. The van der Waals surface area contributed by atoms with E-state index in [1.165, 1.54) is 50.6 Å². The summed E-state index contributed by atoms with van der Waals surface area (Å²) in [4.78, 5) is 101. The lowest BCUT2D eigenvalue weighted by Crippen LogP contribution is -2.27. The quantitative estimate of drug-likeness (QED) is 0.0236. The number of nitrogens with zero attached hydrogens (tertiary/aromatic N) is 1. The number of ether oxygens (including phenoxy) is 5. The Bertz CT molecular complexity index is 3670. The molecule has 88 heavy (non-hydrogen) atoms. The van der Waals surface area contributed by atoms with E-state index in [9.17, 15) is 48.5 Å². The van der Waals surface area contributed by atoms with Gasteiger partial charge < -0.3 is 34.3 Å². The van der Waals surface area contributed by atoms with E-state index in [1.807, 2.05) is 6.07 Å². The van der Waals surface area contributed by atoms with Gasteiger partial charge in [0.1, 0.15) is 23.1 Å². The van der Waals surface area contributed by atoms with E-state index < -0.39 is 51.9 Å². The highest BCUT2D eigenvalue weighted by atomic mass is 35.5. The molecule has 8 rings (SSSR count). The number of nitro groups is 1. The molecule has 0 saturated carbocycles. The molecule has 6 aromatic rings. The fraction of sp³-hybridized carbons (Fsp3) is 0.246. The van der Waals surface area contributed by atoms with Crippen molar-refractivity contribution in [1.82, 2.24) is 0 Å². The predicted molar refractivity (Wildman–Crippen MR) is 342 cm³/mol. The highest BCUT2D eigenvalue weighted by molar-refractivity contribution is 6.37. The summed E-state index contributed by atoms with van der Waals surface area (Å²) in [6, 6.07) is 28.2. The molecule has 2 aliphatic rings. The van der Waals surface area contributed by atoms with Gasteiger partial charge in [-0.25, -0.2) is 24.0 Å². The van der Waals surface area contributed by atoms with Crippen LogP contribution >= 0.6 is 69.6 Å². The molecule has 0 unspecified atom stereocenters. The van der Waals surface area contributed by atoms with Gasteiger partial charge in [-0.15, -0.1) is 0 Å². The number of methoxy groups -OCH3 is 2. The number of carbonyl (C=O) groups is 8. The van der Waals surface area contributed by atoms with Gasteiger partial charge in [0.2, 0.25) is 5.91 Å². The number of anilines is 5. The Balaban J connectivity index is 0.000000243. The molecule has 27 heteroatoms. The summed E-state index contributed by atoms with van der Waals surface area (Å²) in [7, 11) is 2.46. The molecule has 2 heterocycles. The van der Waals surface area contributed by atoms with Crippen molar-refractivity contribution in [3.63, 3.8) is 0 Å². The molecule has 6 aromatic carbocycles. The Kier molecular flexibility index (Phi) is 26.2. The molecular weight excluding hydrogens is 1270 g/mol. The van der Waals surface area contributed by atoms with Crippen molar-refractivity contribution >= 4 is 164 Å². The van der Waals surface area contributed by atoms with Gasteiger partial charge in [-0.05, 0) is 164 Å². The van der Waals surface area contributed by atoms with Crippen molar-refractivity contribution in [3.8, 4) is 0 Å². The molecule has 21 nitrogen and oxygen atoms in total. The first-order valence-corrected chi connectivity index (χ1v) is 28.1. The average molecular weight is 1330 g/mol. The topological polar surface area (TPSA) is 286 Å². The maximum Gasteiger partial charge on any atom is 0.412 e. The molecule has 2 aliphatic heterocycles. The molecule has 0 aromatic heterocycles. The van der Waals surface area contributed by atoms with Crippen LogP contribution in [0.5, 0.6) is 0 Å². The maximum absolute atomic E-state index is 12.3. The van der Waals surface area contributed by atoms with E-state index >= 15 is 0 Å². The fourth-order valence-corrected chi connectivity index (χ4v) is 8.56. The number of hydrogen-bond donors (Lipinski definition) is 5. The standard InChI is InChI=1S/C20H18Cl2N2O3.C13H16ClNO4.C12H14ClNO3.C8H6ClNO4.C8H6ClNO/c1-20(2,3)27-19(26)23-14-7-11(6-13(22)9-14)8-16-15-5-4-12(21)10-17(15)24-18(16)25;1-13(2,3)19-12(17)15-10-6-8(11(16)18-4)5-9(14)7-10;1-12(2,3)17-11(16)14-10-5-8(7-15)4-9(13)6-10;1-14-8(11)5-2-6(9)4-7(3-5)10(12)13;9-6-2-1-5-3-8(11)10-7(5)4-6/h4-10H,1-3H3,(H,23,26)(H,24,25);5-7H,1-4H3,(H,15,17);4-7H,1-3H3,(H,14,16);2-4H,1H3;1-2,4H,3H2,(H,10,11). The molecule has 0 bridgehead atoms. The van der Waals surface area contributed by atoms with Gasteiger partial charge >= 0.3 is 30.2 Å². The summed E-state index contributed by atoms with van der Waals surface area (Å²) in [6.45, 7) is 15.9. The summed E-state index contributed by atoms with van der Waals surface area (Å²) in [6.07, 6.45) is 1.06. The van der Waals surface area contributed by atoms with Crippen LogP contribution in [0.1, 0.15) is 110 Å². The number of nitrogens with one attached hydrogen (secondary N) is 5. The first-order chi connectivity index (χ1) is 40.9. The number of amides is 5.